The zero-order chi connectivity index (χ0) is 19.1. The van der Waals surface area contributed by atoms with Crippen LogP contribution in [0.15, 0.2) is 29.3 Å². The third-order valence-corrected chi connectivity index (χ3v) is 5.83. The van der Waals surface area contributed by atoms with Crippen LogP contribution in [-0.4, -0.2) is 53.8 Å². The maximum atomic E-state index is 10.5. The second kappa shape index (κ2) is 9.56. The summed E-state index contributed by atoms with van der Waals surface area (Å²) in [6, 6.07) is 9.27. The molecule has 1 saturated carbocycles. The summed E-state index contributed by atoms with van der Waals surface area (Å²) >= 11 is 0. The average Bonchev–Trinajstić information content (AvgIpc) is 3.09. The molecule has 1 saturated heterocycles. The molecule has 1 aliphatic heterocycles. The number of nitrogens with one attached hydrogen (secondary N) is 2. The Kier molecular flexibility index (Phi) is 7.13. The van der Waals surface area contributed by atoms with E-state index in [0.29, 0.717) is 12.6 Å². The van der Waals surface area contributed by atoms with Crippen LogP contribution in [0.5, 0.6) is 0 Å². The standard InChI is InChI=1S/C22H36N4O/c1-3-23-21(24-17-22(27)11-4-5-12-22)25-20-9-13-26(14-10-20)16-19-8-6-7-18(2)15-19/h6-8,15,20,27H,3-5,9-14,16-17H2,1-2H3,(H2,23,24,25). The molecule has 0 bridgehead atoms. The fourth-order valence-corrected chi connectivity index (χ4v) is 4.23. The summed E-state index contributed by atoms with van der Waals surface area (Å²) in [6.45, 7) is 8.85. The van der Waals surface area contributed by atoms with Crippen LogP contribution in [0.2, 0.25) is 0 Å². The van der Waals surface area contributed by atoms with E-state index in [2.05, 4.69) is 58.6 Å². The van der Waals surface area contributed by atoms with E-state index in [9.17, 15) is 5.11 Å². The summed E-state index contributed by atoms with van der Waals surface area (Å²) in [7, 11) is 0. The summed E-state index contributed by atoms with van der Waals surface area (Å²) in [4.78, 5) is 7.23. The molecule has 1 heterocycles. The van der Waals surface area contributed by atoms with Gasteiger partial charge in [-0.25, -0.2) is 0 Å². The van der Waals surface area contributed by atoms with Crippen LogP contribution in [-0.2, 0) is 6.54 Å². The summed E-state index contributed by atoms with van der Waals surface area (Å²) in [5, 5.41) is 17.5. The molecule has 1 aliphatic carbocycles. The predicted octanol–water partition coefficient (Wildman–Crippen LogP) is 2.82. The fraction of sp³-hybridized carbons (Fsp3) is 0.682. The van der Waals surface area contributed by atoms with Gasteiger partial charge >= 0.3 is 0 Å². The molecule has 3 rings (SSSR count). The van der Waals surface area contributed by atoms with Crippen LogP contribution in [0.3, 0.4) is 0 Å². The van der Waals surface area contributed by atoms with E-state index in [-0.39, 0.29) is 0 Å². The number of likely N-dealkylation sites (tertiary alicyclic amines) is 1. The highest BCUT2D eigenvalue weighted by atomic mass is 16.3. The minimum Gasteiger partial charge on any atom is -0.388 e. The van der Waals surface area contributed by atoms with Crippen molar-refractivity contribution in [1.29, 1.82) is 0 Å². The number of aliphatic hydroxyl groups is 1. The van der Waals surface area contributed by atoms with E-state index in [4.69, 9.17) is 0 Å². The van der Waals surface area contributed by atoms with E-state index in [1.54, 1.807) is 0 Å². The molecule has 1 aromatic rings. The van der Waals surface area contributed by atoms with Crippen molar-refractivity contribution < 1.29 is 5.11 Å². The lowest BCUT2D eigenvalue weighted by Crippen LogP contribution is -2.49. The van der Waals surface area contributed by atoms with E-state index < -0.39 is 5.60 Å². The smallest absolute Gasteiger partial charge is 0.191 e. The minimum atomic E-state index is -0.584. The minimum absolute atomic E-state index is 0.454. The number of guanidine groups is 1. The van der Waals surface area contributed by atoms with Crippen LogP contribution in [0.25, 0.3) is 0 Å². The van der Waals surface area contributed by atoms with Crippen molar-refractivity contribution in [1.82, 2.24) is 15.5 Å². The zero-order valence-electron chi connectivity index (χ0n) is 17.0. The van der Waals surface area contributed by atoms with Crippen molar-refractivity contribution in [2.24, 2.45) is 4.99 Å². The summed E-state index contributed by atoms with van der Waals surface area (Å²) in [5.74, 6) is 0.856. The first-order valence-corrected chi connectivity index (χ1v) is 10.6. The first-order chi connectivity index (χ1) is 13.1. The van der Waals surface area contributed by atoms with E-state index >= 15 is 0 Å². The van der Waals surface area contributed by atoms with Gasteiger partial charge in [-0.15, -0.1) is 0 Å². The molecule has 0 amide bonds. The Morgan fingerprint density at radius 3 is 2.67 bits per heavy atom. The number of piperidine rings is 1. The van der Waals surface area contributed by atoms with Crippen LogP contribution < -0.4 is 10.6 Å². The van der Waals surface area contributed by atoms with E-state index in [1.807, 2.05) is 0 Å². The van der Waals surface area contributed by atoms with Crippen molar-refractivity contribution in [3.63, 3.8) is 0 Å². The Balaban J connectivity index is 1.47. The molecule has 5 nitrogen and oxygen atoms in total. The monoisotopic (exact) mass is 372 g/mol. The number of nitrogens with zero attached hydrogens (tertiary/aromatic N) is 2. The first-order valence-electron chi connectivity index (χ1n) is 10.6. The van der Waals surface area contributed by atoms with Crippen molar-refractivity contribution in [3.8, 4) is 0 Å². The Morgan fingerprint density at radius 1 is 1.26 bits per heavy atom. The second-order valence-electron chi connectivity index (χ2n) is 8.31. The largest absolute Gasteiger partial charge is 0.388 e. The van der Waals surface area contributed by atoms with Gasteiger partial charge in [0.05, 0.1) is 12.1 Å². The number of hydrogen-bond acceptors (Lipinski definition) is 3. The summed E-state index contributed by atoms with van der Waals surface area (Å²) in [6.07, 6.45) is 6.26. The molecule has 0 atom stereocenters. The number of aryl methyl sites for hydroxylation is 1. The molecule has 150 valence electrons. The highest BCUT2D eigenvalue weighted by Gasteiger charge is 2.31. The zero-order valence-corrected chi connectivity index (χ0v) is 17.0. The maximum absolute atomic E-state index is 10.5. The van der Waals surface area contributed by atoms with Gasteiger partial charge in [0, 0.05) is 32.2 Å². The Labute approximate surface area is 164 Å². The van der Waals surface area contributed by atoms with Gasteiger partial charge in [0.2, 0.25) is 0 Å². The molecular formula is C22H36N4O. The lowest BCUT2D eigenvalue weighted by Gasteiger charge is -2.33. The van der Waals surface area contributed by atoms with Gasteiger partial charge in [-0.1, -0.05) is 42.7 Å². The van der Waals surface area contributed by atoms with Crippen molar-refractivity contribution >= 4 is 5.96 Å². The van der Waals surface area contributed by atoms with Gasteiger partial charge in [0.25, 0.3) is 0 Å². The van der Waals surface area contributed by atoms with Crippen LogP contribution in [0, 0.1) is 6.92 Å². The molecule has 0 aromatic heterocycles. The van der Waals surface area contributed by atoms with Crippen LogP contribution in [0.1, 0.15) is 56.6 Å². The third-order valence-electron chi connectivity index (χ3n) is 5.83. The topological polar surface area (TPSA) is 59.9 Å². The molecular weight excluding hydrogens is 336 g/mol. The lowest BCUT2D eigenvalue weighted by atomic mass is 10.0. The van der Waals surface area contributed by atoms with Crippen LogP contribution >= 0.6 is 0 Å². The Morgan fingerprint density at radius 2 is 2.00 bits per heavy atom. The molecule has 0 unspecified atom stereocenters. The molecule has 0 spiro atoms. The molecule has 2 aliphatic rings. The fourth-order valence-electron chi connectivity index (χ4n) is 4.23. The van der Waals surface area contributed by atoms with Crippen LogP contribution in [0.4, 0.5) is 0 Å². The Bertz CT molecular complexity index is 616. The number of aliphatic imine (C=N–C) groups is 1. The first kappa shape index (κ1) is 20.2. The second-order valence-corrected chi connectivity index (χ2v) is 8.31. The van der Waals surface area contributed by atoms with E-state index in [1.165, 1.54) is 11.1 Å². The summed E-state index contributed by atoms with van der Waals surface area (Å²) in [5.41, 5.74) is 2.15. The normalized spacial score (nSPS) is 21.4. The Hall–Kier alpha value is -1.59. The number of rotatable bonds is 6. The molecule has 27 heavy (non-hydrogen) atoms. The quantitative estimate of drug-likeness (QED) is 0.531. The highest BCUT2D eigenvalue weighted by molar-refractivity contribution is 5.80. The van der Waals surface area contributed by atoms with Gasteiger partial charge < -0.3 is 15.7 Å². The maximum Gasteiger partial charge on any atom is 0.191 e. The van der Waals surface area contributed by atoms with E-state index in [0.717, 1.165) is 70.7 Å². The summed E-state index contributed by atoms with van der Waals surface area (Å²) < 4.78 is 0. The molecule has 5 heteroatoms. The lowest BCUT2D eigenvalue weighted by molar-refractivity contribution is 0.0573. The van der Waals surface area contributed by atoms with Crippen molar-refractivity contribution in [2.75, 3.05) is 26.2 Å². The molecule has 2 fully saturated rings. The van der Waals surface area contributed by atoms with Gasteiger partial charge in [0.15, 0.2) is 5.96 Å². The molecule has 0 radical (unpaired) electrons. The average molecular weight is 373 g/mol. The SMILES string of the molecule is CCNC(=NCC1(O)CCCC1)NC1CCN(Cc2cccc(C)c2)CC1. The highest BCUT2D eigenvalue weighted by Crippen LogP contribution is 2.29. The third kappa shape index (κ3) is 6.22. The predicted molar refractivity (Wildman–Crippen MR) is 112 cm³/mol. The molecule has 3 N–H and O–H groups in total. The van der Waals surface area contributed by atoms with Gasteiger partial charge in [-0.2, -0.15) is 0 Å². The van der Waals surface area contributed by atoms with Gasteiger partial charge in [0.1, 0.15) is 0 Å². The van der Waals surface area contributed by atoms with Gasteiger partial charge in [-0.3, -0.25) is 9.89 Å². The number of hydrogen-bond donors (Lipinski definition) is 3. The van der Waals surface area contributed by atoms with Crippen molar-refractivity contribution in [2.45, 2.75) is 70.6 Å². The van der Waals surface area contributed by atoms with Crippen molar-refractivity contribution in [3.05, 3.63) is 35.4 Å². The molecule has 1 aromatic carbocycles. The van der Waals surface area contributed by atoms with Gasteiger partial charge in [-0.05, 0) is 45.1 Å². The number of benzene rings is 1.